The molecule has 2 heteroatoms. The Morgan fingerprint density at radius 2 is 2.00 bits per heavy atom. The van der Waals surface area contributed by atoms with Crippen molar-refractivity contribution in [2.45, 2.75) is 45.1 Å². The maximum atomic E-state index is 9.71. The second-order valence-electron chi connectivity index (χ2n) is 5.67. The summed E-state index contributed by atoms with van der Waals surface area (Å²) >= 11 is 0. The molecule has 0 aliphatic heterocycles. The second kappa shape index (κ2) is 5.44. The summed E-state index contributed by atoms with van der Waals surface area (Å²) in [5.41, 5.74) is 0.680. The molecule has 0 radical (unpaired) electrons. The van der Waals surface area contributed by atoms with Gasteiger partial charge in [-0.2, -0.15) is 5.26 Å². The number of nitrogens with zero attached hydrogens (tertiary/aromatic N) is 1. The number of rotatable bonds is 3. The maximum absolute atomic E-state index is 9.71. The van der Waals surface area contributed by atoms with Gasteiger partial charge in [-0.3, -0.25) is 0 Å². The van der Waals surface area contributed by atoms with Crippen LogP contribution in [0.15, 0.2) is 30.3 Å². The van der Waals surface area contributed by atoms with Gasteiger partial charge in [0, 0.05) is 5.69 Å². The largest absolute Gasteiger partial charge is 0.367 e. The molecular weight excluding hydrogens is 220 g/mol. The van der Waals surface area contributed by atoms with Crippen LogP contribution in [-0.2, 0) is 0 Å². The Hall–Kier alpha value is -1.49. The number of para-hydroxylation sites is 1. The summed E-state index contributed by atoms with van der Waals surface area (Å²) in [4.78, 5) is 0. The van der Waals surface area contributed by atoms with E-state index < -0.39 is 0 Å². The quantitative estimate of drug-likeness (QED) is 0.862. The Morgan fingerprint density at radius 1 is 1.28 bits per heavy atom. The molecule has 1 aliphatic rings. The smallest absolute Gasteiger partial charge is 0.128 e. The molecule has 2 rings (SSSR count). The van der Waals surface area contributed by atoms with E-state index in [1.54, 1.807) is 0 Å². The lowest BCUT2D eigenvalue weighted by atomic mass is 9.68. The van der Waals surface area contributed by atoms with Gasteiger partial charge in [0.25, 0.3) is 0 Å². The average molecular weight is 242 g/mol. The molecule has 96 valence electrons. The van der Waals surface area contributed by atoms with Gasteiger partial charge in [0.05, 0.1) is 6.07 Å². The van der Waals surface area contributed by atoms with Crippen LogP contribution in [-0.4, -0.2) is 5.54 Å². The summed E-state index contributed by atoms with van der Waals surface area (Å²) in [5.74, 6) is 0.984. The first-order chi connectivity index (χ1) is 8.68. The van der Waals surface area contributed by atoms with Crippen molar-refractivity contribution in [1.29, 1.82) is 5.26 Å². The zero-order chi connectivity index (χ0) is 13.0. The first kappa shape index (κ1) is 13.0. The van der Waals surface area contributed by atoms with Crippen LogP contribution in [0.5, 0.6) is 0 Å². The Labute approximate surface area is 110 Å². The molecule has 0 amide bonds. The lowest BCUT2D eigenvalue weighted by Gasteiger charge is -2.42. The molecule has 0 saturated heterocycles. The van der Waals surface area contributed by atoms with Gasteiger partial charge in [-0.15, -0.1) is 0 Å². The average Bonchev–Trinajstić information content (AvgIpc) is 2.40. The van der Waals surface area contributed by atoms with Gasteiger partial charge in [0.15, 0.2) is 0 Å². The van der Waals surface area contributed by atoms with Crippen molar-refractivity contribution < 1.29 is 0 Å². The van der Waals surface area contributed by atoms with Gasteiger partial charge in [-0.25, -0.2) is 0 Å². The molecule has 1 aromatic rings. The summed E-state index contributed by atoms with van der Waals surface area (Å²) < 4.78 is 0. The highest BCUT2D eigenvalue weighted by atomic mass is 15.0. The molecule has 2 atom stereocenters. The summed E-state index contributed by atoms with van der Waals surface area (Å²) in [5, 5.41) is 13.2. The number of anilines is 1. The number of nitriles is 1. The fraction of sp³-hybridized carbons (Fsp3) is 0.562. The first-order valence-electron chi connectivity index (χ1n) is 6.92. The number of benzene rings is 1. The number of hydrogen-bond donors (Lipinski definition) is 1. The van der Waals surface area contributed by atoms with Crippen molar-refractivity contribution >= 4 is 5.69 Å². The van der Waals surface area contributed by atoms with E-state index in [0.29, 0.717) is 11.8 Å². The third-order valence-electron chi connectivity index (χ3n) is 4.11. The van der Waals surface area contributed by atoms with Crippen LogP contribution in [0.4, 0.5) is 5.69 Å². The Bertz CT molecular complexity index is 418. The summed E-state index contributed by atoms with van der Waals surface area (Å²) in [6, 6.07) is 12.7. The molecule has 18 heavy (non-hydrogen) atoms. The normalized spacial score (nSPS) is 27.8. The van der Waals surface area contributed by atoms with Gasteiger partial charge in [0.1, 0.15) is 5.54 Å². The molecule has 1 N–H and O–H groups in total. The van der Waals surface area contributed by atoms with Gasteiger partial charge in [0.2, 0.25) is 0 Å². The number of hydrogen-bond acceptors (Lipinski definition) is 2. The van der Waals surface area contributed by atoms with E-state index >= 15 is 0 Å². The van der Waals surface area contributed by atoms with Gasteiger partial charge in [-0.05, 0) is 36.8 Å². The molecule has 1 fully saturated rings. The van der Waals surface area contributed by atoms with E-state index in [1.165, 1.54) is 6.42 Å². The Kier molecular flexibility index (Phi) is 3.91. The van der Waals surface area contributed by atoms with Crippen LogP contribution in [0.3, 0.4) is 0 Å². The van der Waals surface area contributed by atoms with E-state index in [0.717, 1.165) is 24.9 Å². The Morgan fingerprint density at radius 3 is 2.61 bits per heavy atom. The summed E-state index contributed by atoms with van der Waals surface area (Å²) in [7, 11) is 0. The minimum Gasteiger partial charge on any atom is -0.367 e. The molecular formula is C16H22N2. The first-order valence-corrected chi connectivity index (χ1v) is 6.92. The van der Waals surface area contributed by atoms with Crippen LogP contribution in [0.25, 0.3) is 0 Å². The van der Waals surface area contributed by atoms with Gasteiger partial charge < -0.3 is 5.32 Å². The lowest BCUT2D eigenvalue weighted by Crippen LogP contribution is -2.48. The molecule has 2 nitrogen and oxygen atoms in total. The van der Waals surface area contributed by atoms with Crippen LogP contribution in [0.1, 0.15) is 39.5 Å². The Balaban J connectivity index is 2.25. The highest BCUT2D eigenvalue weighted by Crippen LogP contribution is 2.40. The molecule has 0 spiro atoms. The maximum Gasteiger partial charge on any atom is 0.128 e. The predicted octanol–water partition coefficient (Wildman–Crippen LogP) is 4.21. The topological polar surface area (TPSA) is 35.8 Å². The van der Waals surface area contributed by atoms with Crippen molar-refractivity contribution in [2.75, 3.05) is 5.32 Å². The van der Waals surface area contributed by atoms with Crippen LogP contribution < -0.4 is 5.32 Å². The van der Waals surface area contributed by atoms with E-state index in [9.17, 15) is 5.26 Å². The second-order valence-corrected chi connectivity index (χ2v) is 5.67. The molecule has 1 saturated carbocycles. The third-order valence-corrected chi connectivity index (χ3v) is 4.11. The van der Waals surface area contributed by atoms with E-state index in [2.05, 4.69) is 25.2 Å². The molecule has 2 unspecified atom stereocenters. The van der Waals surface area contributed by atoms with Gasteiger partial charge in [-0.1, -0.05) is 44.9 Å². The van der Waals surface area contributed by atoms with E-state index in [1.807, 2.05) is 30.3 Å². The summed E-state index contributed by atoms with van der Waals surface area (Å²) in [6.07, 6.45) is 4.52. The minimum atomic E-state index is -0.381. The molecule has 1 aliphatic carbocycles. The molecule has 0 aromatic heterocycles. The van der Waals surface area contributed by atoms with Crippen molar-refractivity contribution in [3.8, 4) is 6.07 Å². The zero-order valence-electron chi connectivity index (χ0n) is 11.3. The third kappa shape index (κ3) is 2.51. The van der Waals surface area contributed by atoms with Crippen LogP contribution in [0.2, 0.25) is 0 Å². The monoisotopic (exact) mass is 242 g/mol. The predicted molar refractivity (Wildman–Crippen MR) is 75.2 cm³/mol. The standard InChI is InChI=1S/C16H22N2/c1-13(2)15-10-6-7-11-16(15,12-17)18-14-8-4-3-5-9-14/h3-5,8-9,13,15,18H,6-7,10-11H2,1-2H3. The van der Waals surface area contributed by atoms with E-state index in [-0.39, 0.29) is 5.54 Å². The van der Waals surface area contributed by atoms with Crippen molar-refractivity contribution in [2.24, 2.45) is 11.8 Å². The SMILES string of the molecule is CC(C)C1CCCCC1(C#N)Nc1ccccc1. The lowest BCUT2D eigenvalue weighted by molar-refractivity contribution is 0.205. The highest BCUT2D eigenvalue weighted by Gasteiger charge is 2.42. The fourth-order valence-electron chi connectivity index (χ4n) is 3.20. The molecule has 0 bridgehead atoms. The molecule has 1 aromatic carbocycles. The van der Waals surface area contributed by atoms with Gasteiger partial charge >= 0.3 is 0 Å². The minimum absolute atomic E-state index is 0.381. The molecule has 0 heterocycles. The van der Waals surface area contributed by atoms with Crippen molar-refractivity contribution in [1.82, 2.24) is 0 Å². The van der Waals surface area contributed by atoms with Crippen molar-refractivity contribution in [3.05, 3.63) is 30.3 Å². The number of nitrogens with one attached hydrogen (secondary N) is 1. The van der Waals surface area contributed by atoms with Crippen LogP contribution >= 0.6 is 0 Å². The highest BCUT2D eigenvalue weighted by molar-refractivity contribution is 5.48. The van der Waals surface area contributed by atoms with Crippen LogP contribution in [0, 0.1) is 23.2 Å². The van der Waals surface area contributed by atoms with E-state index in [4.69, 9.17) is 0 Å². The summed E-state index contributed by atoms with van der Waals surface area (Å²) in [6.45, 7) is 4.46. The zero-order valence-corrected chi connectivity index (χ0v) is 11.3. The van der Waals surface area contributed by atoms with Crippen molar-refractivity contribution in [3.63, 3.8) is 0 Å². The fourth-order valence-corrected chi connectivity index (χ4v) is 3.20.